The van der Waals surface area contributed by atoms with Crippen molar-refractivity contribution in [3.63, 3.8) is 0 Å². The van der Waals surface area contributed by atoms with Crippen LogP contribution in [-0.2, 0) is 18.3 Å². The number of halogens is 5. The minimum absolute atomic E-state index is 0.141. The molecule has 0 fully saturated rings. The number of alkyl halides is 3. The highest BCUT2D eigenvalue weighted by Gasteiger charge is 2.58. The first-order valence-corrected chi connectivity index (χ1v) is 7.59. The van der Waals surface area contributed by atoms with E-state index in [2.05, 4.69) is 0 Å². The average molecular weight is 380 g/mol. The molecule has 0 spiro atoms. The number of benzene rings is 1. The molecule has 2 atom stereocenters. The summed E-state index contributed by atoms with van der Waals surface area (Å²) in [6, 6.07) is 5.48. The molecule has 0 radical (unpaired) electrons. The highest BCUT2D eigenvalue weighted by atomic mass is 35.5. The van der Waals surface area contributed by atoms with Gasteiger partial charge in [-0.25, -0.2) is 13.2 Å². The molecule has 0 bridgehead atoms. The van der Waals surface area contributed by atoms with E-state index in [1.54, 1.807) is 0 Å². The van der Waals surface area contributed by atoms with Crippen LogP contribution in [0.4, 0.5) is 13.2 Å². The van der Waals surface area contributed by atoms with Crippen molar-refractivity contribution in [2.45, 2.75) is 24.6 Å². The largest absolute Gasteiger partial charge is 0.381 e. The fourth-order valence-electron chi connectivity index (χ4n) is 2.47. The van der Waals surface area contributed by atoms with E-state index in [-0.39, 0.29) is 15.6 Å². The van der Waals surface area contributed by atoms with Crippen LogP contribution in [0, 0.1) is 0 Å². The molecule has 8 heteroatoms. The molecule has 1 heterocycles. The van der Waals surface area contributed by atoms with E-state index in [0.29, 0.717) is 0 Å². The van der Waals surface area contributed by atoms with Gasteiger partial charge in [0.1, 0.15) is 5.60 Å². The Morgan fingerprint density at radius 3 is 2.33 bits per heavy atom. The van der Waals surface area contributed by atoms with E-state index in [1.807, 2.05) is 0 Å². The van der Waals surface area contributed by atoms with E-state index in [4.69, 9.17) is 23.2 Å². The van der Waals surface area contributed by atoms with Gasteiger partial charge in [-0.1, -0.05) is 29.3 Å². The van der Waals surface area contributed by atoms with Crippen LogP contribution in [0.3, 0.4) is 0 Å². The number of aryl methyl sites for hydroxylation is 1. The van der Waals surface area contributed by atoms with Gasteiger partial charge in [0.05, 0.1) is 0 Å². The topological polar surface area (TPSA) is 42.2 Å². The van der Waals surface area contributed by atoms with Crippen LogP contribution in [0.5, 0.6) is 0 Å². The molecule has 24 heavy (non-hydrogen) atoms. The zero-order valence-corrected chi connectivity index (χ0v) is 14.2. The number of pyridine rings is 1. The molecule has 2 aromatic rings. The van der Waals surface area contributed by atoms with Gasteiger partial charge in [0.2, 0.25) is 11.2 Å². The molecule has 1 aromatic heterocycles. The van der Waals surface area contributed by atoms with Crippen LogP contribution in [-0.4, -0.2) is 16.1 Å². The maximum absolute atomic E-state index is 15.5. The Balaban J connectivity index is 2.72. The second-order valence-electron chi connectivity index (χ2n) is 5.58. The lowest BCUT2D eigenvalue weighted by molar-refractivity contribution is -0.176. The molecular weight excluding hydrogens is 366 g/mol. The SMILES string of the molecule is Cn1cc(C(C)(O)C(F)(c2ccc(Cl)cc2Cl)C(F)F)ccc1=O. The van der Waals surface area contributed by atoms with Crippen molar-refractivity contribution in [3.8, 4) is 0 Å². The van der Waals surface area contributed by atoms with Crippen molar-refractivity contribution >= 4 is 23.2 Å². The Labute approximate surface area is 146 Å². The molecule has 0 aliphatic heterocycles. The van der Waals surface area contributed by atoms with Crippen LogP contribution in [0.2, 0.25) is 10.0 Å². The zero-order valence-electron chi connectivity index (χ0n) is 12.7. The van der Waals surface area contributed by atoms with Gasteiger partial charge in [-0.15, -0.1) is 0 Å². The number of hydrogen-bond acceptors (Lipinski definition) is 2. The molecule has 130 valence electrons. The summed E-state index contributed by atoms with van der Waals surface area (Å²) < 4.78 is 44.0. The standard InChI is InChI=1S/C16H14Cl2F3NO2/c1-15(24,9-3-6-13(23)22(2)8-9)16(21,14(19)20)11-5-4-10(17)7-12(11)18/h3-8,14,24H,1-2H3. The molecular formula is C16H14Cl2F3NO2. The summed E-state index contributed by atoms with van der Waals surface area (Å²) >= 11 is 11.6. The first kappa shape index (κ1) is 18.8. The maximum Gasteiger partial charge on any atom is 0.279 e. The van der Waals surface area contributed by atoms with Gasteiger partial charge < -0.3 is 9.67 Å². The molecule has 1 N–H and O–H groups in total. The highest BCUT2D eigenvalue weighted by Crippen LogP contribution is 2.50. The Morgan fingerprint density at radius 2 is 1.83 bits per heavy atom. The van der Waals surface area contributed by atoms with Gasteiger partial charge in [-0.2, -0.15) is 0 Å². The molecule has 0 saturated heterocycles. The number of nitrogens with zero attached hydrogens (tertiary/aromatic N) is 1. The third-order valence-electron chi connectivity index (χ3n) is 3.98. The van der Waals surface area contributed by atoms with E-state index in [0.717, 1.165) is 42.0 Å². The van der Waals surface area contributed by atoms with Crippen LogP contribution >= 0.6 is 23.2 Å². The Morgan fingerprint density at radius 1 is 1.21 bits per heavy atom. The Bertz CT molecular complexity index is 823. The minimum Gasteiger partial charge on any atom is -0.381 e. The van der Waals surface area contributed by atoms with Crippen molar-refractivity contribution in [2.75, 3.05) is 0 Å². The monoisotopic (exact) mass is 379 g/mol. The number of aliphatic hydroxyl groups is 1. The summed E-state index contributed by atoms with van der Waals surface area (Å²) in [6.45, 7) is 0.907. The minimum atomic E-state index is -3.59. The number of rotatable bonds is 4. The highest BCUT2D eigenvalue weighted by molar-refractivity contribution is 6.35. The van der Waals surface area contributed by atoms with Crippen LogP contribution in [0.25, 0.3) is 0 Å². The molecule has 0 aliphatic carbocycles. The lowest BCUT2D eigenvalue weighted by atomic mass is 9.76. The van der Waals surface area contributed by atoms with Crippen molar-refractivity contribution < 1.29 is 18.3 Å². The second-order valence-corrected chi connectivity index (χ2v) is 6.42. The first-order valence-electron chi connectivity index (χ1n) is 6.84. The zero-order chi connectivity index (χ0) is 18.3. The van der Waals surface area contributed by atoms with E-state index >= 15 is 4.39 Å². The summed E-state index contributed by atoms with van der Waals surface area (Å²) in [7, 11) is 1.36. The van der Waals surface area contributed by atoms with Crippen LogP contribution in [0.1, 0.15) is 18.1 Å². The predicted octanol–water partition coefficient (Wildman–Crippen LogP) is 4.03. The van der Waals surface area contributed by atoms with Gasteiger partial charge >= 0.3 is 0 Å². The summed E-state index contributed by atoms with van der Waals surface area (Å²) in [5, 5.41) is 10.5. The van der Waals surface area contributed by atoms with Gasteiger partial charge in [0, 0.05) is 40.5 Å². The predicted molar refractivity (Wildman–Crippen MR) is 86.5 cm³/mol. The Kier molecular flexibility index (Phi) is 5.04. The smallest absolute Gasteiger partial charge is 0.279 e. The van der Waals surface area contributed by atoms with Gasteiger partial charge in [-0.05, 0) is 25.1 Å². The number of aromatic nitrogens is 1. The third-order valence-corrected chi connectivity index (χ3v) is 4.53. The fraction of sp³-hybridized carbons (Fsp3) is 0.312. The van der Waals surface area contributed by atoms with Crippen LogP contribution in [0.15, 0.2) is 41.3 Å². The van der Waals surface area contributed by atoms with Crippen LogP contribution < -0.4 is 5.56 Å². The fourth-order valence-corrected chi connectivity index (χ4v) is 3.01. The average Bonchev–Trinajstić information content (AvgIpc) is 2.48. The quantitative estimate of drug-likeness (QED) is 0.871. The van der Waals surface area contributed by atoms with E-state index < -0.39 is 28.8 Å². The van der Waals surface area contributed by atoms with Gasteiger partial charge in [-0.3, -0.25) is 4.79 Å². The van der Waals surface area contributed by atoms with Crippen molar-refractivity contribution in [2.24, 2.45) is 7.05 Å². The number of hydrogen-bond donors (Lipinski definition) is 1. The van der Waals surface area contributed by atoms with Gasteiger partial charge in [0.15, 0.2) is 0 Å². The second kappa shape index (κ2) is 6.43. The molecule has 1 aromatic carbocycles. The maximum atomic E-state index is 15.5. The lowest BCUT2D eigenvalue weighted by Gasteiger charge is -2.39. The van der Waals surface area contributed by atoms with E-state index in [1.165, 1.54) is 13.1 Å². The summed E-state index contributed by atoms with van der Waals surface area (Å²) in [4.78, 5) is 11.4. The van der Waals surface area contributed by atoms with Crippen molar-refractivity contribution in [3.05, 3.63) is 68.1 Å². The first-order chi connectivity index (χ1) is 11.0. The molecule has 2 rings (SSSR count). The molecule has 0 saturated carbocycles. The van der Waals surface area contributed by atoms with E-state index in [9.17, 15) is 18.7 Å². The summed E-state index contributed by atoms with van der Waals surface area (Å²) in [5.74, 6) is 0. The Hall–Kier alpha value is -1.50. The van der Waals surface area contributed by atoms with Crippen molar-refractivity contribution in [1.82, 2.24) is 4.57 Å². The molecule has 0 aliphatic rings. The van der Waals surface area contributed by atoms with Gasteiger partial charge in [0.25, 0.3) is 6.43 Å². The molecule has 0 amide bonds. The normalized spacial score (nSPS) is 16.7. The lowest BCUT2D eigenvalue weighted by Crippen LogP contribution is -2.49. The third kappa shape index (κ3) is 2.94. The molecule has 3 nitrogen and oxygen atoms in total. The summed E-state index contributed by atoms with van der Waals surface area (Å²) in [5.41, 5.74) is -7.41. The summed E-state index contributed by atoms with van der Waals surface area (Å²) in [6.07, 6.45) is -2.49. The van der Waals surface area contributed by atoms with Crippen molar-refractivity contribution in [1.29, 1.82) is 0 Å². The molecule has 2 unspecified atom stereocenters.